The van der Waals surface area contributed by atoms with Crippen LogP contribution in [0.2, 0.25) is 0 Å². The van der Waals surface area contributed by atoms with Gasteiger partial charge in [-0.25, -0.2) is 5.43 Å². The van der Waals surface area contributed by atoms with Crippen LogP contribution >= 0.6 is 0 Å². The van der Waals surface area contributed by atoms with Crippen LogP contribution in [0.1, 0.15) is 60.3 Å². The van der Waals surface area contributed by atoms with Crippen LogP contribution in [0.15, 0.2) is 12.7 Å². The number of carbonyl (C=O) groups is 4. The van der Waals surface area contributed by atoms with Crippen LogP contribution < -0.4 is 16.1 Å². The molecule has 1 rings (SSSR count). The molecule has 0 unspecified atom stereocenters. The second-order valence-electron chi connectivity index (χ2n) is 8.74. The Morgan fingerprint density at radius 3 is 2.32 bits per heavy atom. The molecule has 0 aromatic rings. The second-order valence-corrected chi connectivity index (χ2v) is 8.74. The van der Waals surface area contributed by atoms with Gasteiger partial charge in [0.2, 0.25) is 11.8 Å². The van der Waals surface area contributed by atoms with Gasteiger partial charge in [-0.15, -0.1) is 6.58 Å². The van der Waals surface area contributed by atoms with Crippen LogP contribution in [0.25, 0.3) is 0 Å². The molecule has 1 aliphatic rings. The molecule has 4 N–H and O–H groups in total. The number of aliphatic carboxylic acids is 1. The summed E-state index contributed by atoms with van der Waals surface area (Å²) >= 11 is 0. The van der Waals surface area contributed by atoms with Crippen molar-refractivity contribution in [3.8, 4) is 0 Å². The van der Waals surface area contributed by atoms with E-state index in [1.165, 1.54) is 5.01 Å². The lowest BCUT2D eigenvalue weighted by atomic mass is 9.90. The van der Waals surface area contributed by atoms with Crippen molar-refractivity contribution >= 4 is 23.7 Å². The van der Waals surface area contributed by atoms with E-state index >= 15 is 0 Å². The molecule has 1 aliphatic heterocycles. The van der Waals surface area contributed by atoms with E-state index in [-0.39, 0.29) is 23.7 Å². The first-order chi connectivity index (χ1) is 14.5. The summed E-state index contributed by atoms with van der Waals surface area (Å²) in [6.07, 6.45) is 4.47. The average Bonchev–Trinajstić information content (AvgIpc) is 2.73. The van der Waals surface area contributed by atoms with Crippen molar-refractivity contribution in [2.45, 2.75) is 78.4 Å². The molecule has 1 fully saturated rings. The third-order valence-electron chi connectivity index (χ3n) is 5.82. The largest absolute Gasteiger partial charge is 0.480 e. The minimum Gasteiger partial charge on any atom is -0.480 e. The number of nitrogens with one attached hydrogen (secondary N) is 3. The van der Waals surface area contributed by atoms with Gasteiger partial charge >= 0.3 is 5.97 Å². The summed E-state index contributed by atoms with van der Waals surface area (Å²) in [5.41, 5.74) is 2.69. The summed E-state index contributed by atoms with van der Waals surface area (Å²) in [4.78, 5) is 49.4. The van der Waals surface area contributed by atoms with E-state index in [0.717, 1.165) is 12.8 Å². The first-order valence-electron chi connectivity index (χ1n) is 11.0. The predicted molar refractivity (Wildman–Crippen MR) is 118 cm³/mol. The Labute approximate surface area is 185 Å². The number of carboxylic acid groups (broad SMARTS) is 1. The second kappa shape index (κ2) is 12.4. The van der Waals surface area contributed by atoms with Crippen LogP contribution in [0, 0.1) is 17.8 Å². The highest BCUT2D eigenvalue weighted by atomic mass is 16.4. The van der Waals surface area contributed by atoms with Gasteiger partial charge in [-0.1, -0.05) is 33.8 Å². The molecule has 0 aliphatic carbocycles. The number of amides is 3. The Kier molecular flexibility index (Phi) is 10.7. The lowest BCUT2D eigenvalue weighted by Crippen LogP contribution is -2.61. The van der Waals surface area contributed by atoms with Gasteiger partial charge in [-0.2, -0.15) is 0 Å². The molecule has 1 heterocycles. The van der Waals surface area contributed by atoms with Crippen molar-refractivity contribution < 1.29 is 24.3 Å². The van der Waals surface area contributed by atoms with E-state index in [4.69, 9.17) is 5.11 Å². The summed E-state index contributed by atoms with van der Waals surface area (Å²) in [6, 6.07) is -2.47. The number of nitrogens with zero attached hydrogens (tertiary/aromatic N) is 1. The molecule has 9 heteroatoms. The monoisotopic (exact) mass is 438 g/mol. The standard InChI is InChI=1S/C22H38N4O5/c1-7-8-10-14(4)15(5)19(27)24-18(13(2)3)20(28)23-16(6)21(29)26-12-9-11-17(25-26)22(30)31/h7,13-18,25H,1,8-12H2,2-6H3,(H,23,28)(H,24,27)(H,30,31)/t14-,15-,16+,17+,18+/m1/s1. The summed E-state index contributed by atoms with van der Waals surface area (Å²) in [5, 5.41) is 15.9. The minimum atomic E-state index is -1.02. The van der Waals surface area contributed by atoms with Gasteiger partial charge in [0, 0.05) is 12.5 Å². The quantitative estimate of drug-likeness (QED) is 0.362. The maximum absolute atomic E-state index is 12.8. The number of carbonyl (C=O) groups excluding carboxylic acids is 3. The van der Waals surface area contributed by atoms with E-state index in [9.17, 15) is 19.2 Å². The molecular weight excluding hydrogens is 400 g/mol. The third kappa shape index (κ3) is 7.97. The fourth-order valence-corrected chi connectivity index (χ4v) is 3.43. The van der Waals surface area contributed by atoms with Gasteiger partial charge in [-0.3, -0.25) is 24.2 Å². The van der Waals surface area contributed by atoms with Crippen molar-refractivity contribution in [1.82, 2.24) is 21.1 Å². The number of rotatable bonds is 11. The lowest BCUT2D eigenvalue weighted by Gasteiger charge is -2.34. The molecule has 0 aromatic heterocycles. The Bertz CT molecular complexity index is 666. The van der Waals surface area contributed by atoms with Gasteiger partial charge in [-0.05, 0) is 44.4 Å². The number of hydrazine groups is 1. The number of allylic oxidation sites excluding steroid dienone is 1. The van der Waals surface area contributed by atoms with Crippen LogP contribution in [0.3, 0.4) is 0 Å². The van der Waals surface area contributed by atoms with E-state index < -0.39 is 35.9 Å². The minimum absolute atomic E-state index is 0.140. The van der Waals surface area contributed by atoms with Crippen molar-refractivity contribution in [3.63, 3.8) is 0 Å². The van der Waals surface area contributed by atoms with Crippen molar-refractivity contribution in [1.29, 1.82) is 0 Å². The maximum atomic E-state index is 12.8. The highest BCUT2D eigenvalue weighted by molar-refractivity contribution is 5.92. The Morgan fingerprint density at radius 1 is 1.13 bits per heavy atom. The zero-order chi connectivity index (χ0) is 23.7. The van der Waals surface area contributed by atoms with Crippen LogP contribution in [0.4, 0.5) is 0 Å². The zero-order valence-electron chi connectivity index (χ0n) is 19.3. The summed E-state index contributed by atoms with van der Waals surface area (Å²) in [6.45, 7) is 13.1. The summed E-state index contributed by atoms with van der Waals surface area (Å²) < 4.78 is 0. The van der Waals surface area contributed by atoms with E-state index in [0.29, 0.717) is 19.4 Å². The SMILES string of the molecule is C=CCC[C@@H](C)[C@@H](C)C(=O)N[C@H](C(=O)N[C@@H](C)C(=O)N1CCC[C@@H](C(=O)O)N1)C(C)C. The van der Waals surface area contributed by atoms with Crippen LogP contribution in [-0.2, 0) is 19.2 Å². The van der Waals surface area contributed by atoms with Crippen molar-refractivity contribution in [3.05, 3.63) is 12.7 Å². The molecule has 0 spiro atoms. The summed E-state index contributed by atoms with van der Waals surface area (Å²) in [5.74, 6) is -2.38. The molecule has 176 valence electrons. The summed E-state index contributed by atoms with van der Waals surface area (Å²) in [7, 11) is 0. The lowest BCUT2D eigenvalue weighted by molar-refractivity contribution is -0.148. The fourth-order valence-electron chi connectivity index (χ4n) is 3.43. The number of hydrogen-bond donors (Lipinski definition) is 4. The smallest absolute Gasteiger partial charge is 0.322 e. The van der Waals surface area contributed by atoms with Gasteiger partial charge in [0.15, 0.2) is 0 Å². The molecule has 0 aromatic carbocycles. The Balaban J connectivity index is 2.71. The Hall–Kier alpha value is -2.42. The average molecular weight is 439 g/mol. The molecule has 9 nitrogen and oxygen atoms in total. The molecule has 31 heavy (non-hydrogen) atoms. The topological polar surface area (TPSA) is 128 Å². The molecular formula is C22H38N4O5. The van der Waals surface area contributed by atoms with Crippen molar-refractivity contribution in [2.75, 3.05) is 6.54 Å². The van der Waals surface area contributed by atoms with Crippen LogP contribution in [-0.4, -0.2) is 58.5 Å². The highest BCUT2D eigenvalue weighted by Crippen LogP contribution is 2.18. The van der Waals surface area contributed by atoms with Gasteiger partial charge in [0.1, 0.15) is 18.1 Å². The Morgan fingerprint density at radius 2 is 1.77 bits per heavy atom. The van der Waals surface area contributed by atoms with Gasteiger partial charge in [0.05, 0.1) is 0 Å². The van der Waals surface area contributed by atoms with Gasteiger partial charge < -0.3 is 15.7 Å². The first-order valence-corrected chi connectivity index (χ1v) is 11.0. The third-order valence-corrected chi connectivity index (χ3v) is 5.82. The predicted octanol–water partition coefficient (Wildman–Crippen LogP) is 1.45. The highest BCUT2D eigenvalue weighted by Gasteiger charge is 2.33. The molecule has 0 radical (unpaired) electrons. The molecule has 0 saturated carbocycles. The van der Waals surface area contributed by atoms with Crippen LogP contribution in [0.5, 0.6) is 0 Å². The first kappa shape index (κ1) is 26.6. The van der Waals surface area contributed by atoms with E-state index in [1.807, 2.05) is 33.8 Å². The normalized spacial score (nSPS) is 20.3. The molecule has 1 saturated heterocycles. The molecule has 0 bridgehead atoms. The maximum Gasteiger partial charge on any atom is 0.322 e. The van der Waals surface area contributed by atoms with E-state index in [2.05, 4.69) is 22.6 Å². The van der Waals surface area contributed by atoms with Crippen molar-refractivity contribution in [2.24, 2.45) is 17.8 Å². The molecule has 3 amide bonds. The number of carboxylic acids is 1. The number of hydrogen-bond acceptors (Lipinski definition) is 5. The van der Waals surface area contributed by atoms with Gasteiger partial charge in [0.25, 0.3) is 5.91 Å². The molecule has 5 atom stereocenters. The van der Waals surface area contributed by atoms with E-state index in [1.54, 1.807) is 6.92 Å². The fraction of sp³-hybridized carbons (Fsp3) is 0.727. The zero-order valence-corrected chi connectivity index (χ0v) is 19.3.